The Morgan fingerprint density at radius 2 is 1.95 bits per heavy atom. The number of amides is 1. The van der Waals surface area contributed by atoms with Crippen LogP contribution in [0.15, 0.2) is 35.5 Å². The van der Waals surface area contributed by atoms with Gasteiger partial charge in [0.15, 0.2) is 0 Å². The van der Waals surface area contributed by atoms with Crippen molar-refractivity contribution in [3.05, 3.63) is 35.9 Å². The minimum absolute atomic E-state index is 0.329. The fourth-order valence-electron chi connectivity index (χ4n) is 2.84. The monoisotopic (exact) mass is 317 g/mol. The molecule has 0 bridgehead atoms. The number of nitrogens with zero attached hydrogens (tertiary/aromatic N) is 4. The minimum atomic E-state index is -0.477. The fourth-order valence-corrected chi connectivity index (χ4v) is 3.84. The second kappa shape index (κ2) is 6.91. The van der Waals surface area contributed by atoms with E-state index in [-0.39, 0.29) is 5.91 Å². The fraction of sp³-hybridized carbons (Fsp3) is 0.467. The van der Waals surface area contributed by atoms with Gasteiger partial charge in [-0.15, -0.1) is 5.10 Å². The number of benzene rings is 1. The van der Waals surface area contributed by atoms with Gasteiger partial charge in [-0.1, -0.05) is 61.4 Å². The maximum atomic E-state index is 11.8. The third-order valence-electron chi connectivity index (χ3n) is 3.97. The van der Waals surface area contributed by atoms with Crippen molar-refractivity contribution in [3.8, 4) is 0 Å². The summed E-state index contributed by atoms with van der Waals surface area (Å²) in [4.78, 5) is 11.8. The van der Waals surface area contributed by atoms with Gasteiger partial charge >= 0.3 is 0 Å². The van der Waals surface area contributed by atoms with Crippen LogP contribution in [-0.4, -0.2) is 26.1 Å². The number of carbonyl (C=O) groups excluding carboxylic acids is 1. The van der Waals surface area contributed by atoms with Crippen LogP contribution >= 0.6 is 11.8 Å². The first kappa shape index (κ1) is 15.0. The van der Waals surface area contributed by atoms with Crippen LogP contribution in [0.4, 0.5) is 0 Å². The van der Waals surface area contributed by atoms with E-state index in [4.69, 9.17) is 5.73 Å². The number of rotatable bonds is 5. The highest BCUT2D eigenvalue weighted by Crippen LogP contribution is 2.36. The molecule has 116 valence electrons. The Morgan fingerprint density at radius 1 is 1.23 bits per heavy atom. The number of carbonyl (C=O) groups is 1. The molecule has 2 N–H and O–H groups in total. The molecule has 0 aliphatic heterocycles. The molecular weight excluding hydrogens is 298 g/mol. The molecule has 2 aromatic rings. The van der Waals surface area contributed by atoms with Crippen molar-refractivity contribution in [1.82, 2.24) is 20.2 Å². The quantitative estimate of drug-likeness (QED) is 0.856. The SMILES string of the molecule is NC(=O)C(Sc1nnnn1C1CCCCC1)c1ccccc1. The van der Waals surface area contributed by atoms with Gasteiger partial charge in [0.1, 0.15) is 5.25 Å². The third-order valence-corrected chi connectivity index (χ3v) is 5.19. The molecule has 1 atom stereocenters. The first-order valence-electron chi connectivity index (χ1n) is 7.54. The zero-order valence-electron chi connectivity index (χ0n) is 12.3. The molecule has 1 saturated carbocycles. The van der Waals surface area contributed by atoms with Crippen LogP contribution in [0.2, 0.25) is 0 Å². The zero-order valence-corrected chi connectivity index (χ0v) is 13.1. The van der Waals surface area contributed by atoms with Crippen molar-refractivity contribution < 1.29 is 4.79 Å². The first-order chi connectivity index (χ1) is 10.8. The van der Waals surface area contributed by atoms with Gasteiger partial charge in [0.05, 0.1) is 6.04 Å². The summed E-state index contributed by atoms with van der Waals surface area (Å²) in [6.07, 6.45) is 5.85. The van der Waals surface area contributed by atoms with Crippen LogP contribution in [0.3, 0.4) is 0 Å². The van der Waals surface area contributed by atoms with E-state index in [0.29, 0.717) is 11.2 Å². The Morgan fingerprint density at radius 3 is 2.64 bits per heavy atom. The lowest BCUT2D eigenvalue weighted by Gasteiger charge is -2.22. The van der Waals surface area contributed by atoms with Gasteiger partial charge in [0, 0.05) is 0 Å². The Labute approximate surface area is 133 Å². The summed E-state index contributed by atoms with van der Waals surface area (Å²) < 4.78 is 1.86. The highest BCUT2D eigenvalue weighted by molar-refractivity contribution is 8.00. The van der Waals surface area contributed by atoms with E-state index in [9.17, 15) is 4.79 Å². The van der Waals surface area contributed by atoms with Gasteiger partial charge in [-0.3, -0.25) is 4.79 Å². The number of tetrazole rings is 1. The number of thioether (sulfide) groups is 1. The lowest BCUT2D eigenvalue weighted by Crippen LogP contribution is -2.20. The van der Waals surface area contributed by atoms with E-state index in [0.717, 1.165) is 18.4 Å². The average molecular weight is 317 g/mol. The van der Waals surface area contributed by atoms with Crippen LogP contribution in [0.1, 0.15) is 49.0 Å². The molecule has 1 amide bonds. The lowest BCUT2D eigenvalue weighted by atomic mass is 9.96. The van der Waals surface area contributed by atoms with Crippen LogP contribution in [0.5, 0.6) is 0 Å². The minimum Gasteiger partial charge on any atom is -0.368 e. The Kier molecular flexibility index (Phi) is 4.72. The second-order valence-corrected chi connectivity index (χ2v) is 6.58. The maximum Gasteiger partial charge on any atom is 0.235 e. The molecule has 1 heterocycles. The van der Waals surface area contributed by atoms with Crippen molar-refractivity contribution >= 4 is 17.7 Å². The van der Waals surface area contributed by atoms with Gasteiger partial charge < -0.3 is 5.73 Å². The zero-order chi connectivity index (χ0) is 15.4. The summed E-state index contributed by atoms with van der Waals surface area (Å²) >= 11 is 1.33. The number of hydrogen-bond donors (Lipinski definition) is 1. The molecule has 1 unspecified atom stereocenters. The van der Waals surface area contributed by atoms with E-state index in [1.807, 2.05) is 35.0 Å². The van der Waals surface area contributed by atoms with Crippen molar-refractivity contribution in [2.24, 2.45) is 5.73 Å². The highest BCUT2D eigenvalue weighted by Gasteiger charge is 2.26. The van der Waals surface area contributed by atoms with E-state index >= 15 is 0 Å². The van der Waals surface area contributed by atoms with Gasteiger partial charge in [0.2, 0.25) is 11.1 Å². The predicted molar refractivity (Wildman–Crippen MR) is 84.2 cm³/mol. The third kappa shape index (κ3) is 3.30. The summed E-state index contributed by atoms with van der Waals surface area (Å²) in [5.74, 6) is -0.380. The summed E-state index contributed by atoms with van der Waals surface area (Å²) in [5, 5.41) is 12.2. The molecule has 0 saturated heterocycles. The topological polar surface area (TPSA) is 86.7 Å². The maximum absolute atomic E-state index is 11.8. The van der Waals surface area contributed by atoms with Crippen molar-refractivity contribution in [2.45, 2.75) is 48.6 Å². The molecule has 3 rings (SSSR count). The molecular formula is C15H19N5OS. The molecule has 1 aliphatic carbocycles. The number of nitrogens with two attached hydrogens (primary N) is 1. The summed E-state index contributed by atoms with van der Waals surface area (Å²) in [6, 6.07) is 9.84. The van der Waals surface area contributed by atoms with E-state index in [2.05, 4.69) is 15.5 Å². The standard InChI is InChI=1S/C15H19N5OS/c16-14(21)13(11-7-3-1-4-8-11)22-15-17-18-19-20(15)12-9-5-2-6-10-12/h1,3-4,7-8,12-13H,2,5-6,9-10H2,(H2,16,21). The van der Waals surface area contributed by atoms with Gasteiger partial charge in [0.25, 0.3) is 0 Å². The van der Waals surface area contributed by atoms with Crippen LogP contribution in [0.25, 0.3) is 0 Å². The average Bonchev–Trinajstić information content (AvgIpc) is 3.02. The lowest BCUT2D eigenvalue weighted by molar-refractivity contribution is -0.117. The normalized spacial score (nSPS) is 17.3. The molecule has 22 heavy (non-hydrogen) atoms. The summed E-state index contributed by atoms with van der Waals surface area (Å²) in [6.45, 7) is 0. The molecule has 1 aromatic carbocycles. The molecule has 1 aromatic heterocycles. The van der Waals surface area contributed by atoms with E-state index in [1.54, 1.807) is 0 Å². The van der Waals surface area contributed by atoms with Crippen LogP contribution in [-0.2, 0) is 4.79 Å². The number of primary amides is 1. The van der Waals surface area contributed by atoms with Crippen molar-refractivity contribution in [1.29, 1.82) is 0 Å². The van der Waals surface area contributed by atoms with E-state index in [1.165, 1.54) is 31.0 Å². The largest absolute Gasteiger partial charge is 0.368 e. The molecule has 0 spiro atoms. The number of aromatic nitrogens is 4. The van der Waals surface area contributed by atoms with Gasteiger partial charge in [-0.05, 0) is 28.8 Å². The van der Waals surface area contributed by atoms with Crippen molar-refractivity contribution in [3.63, 3.8) is 0 Å². The second-order valence-electron chi connectivity index (χ2n) is 5.51. The first-order valence-corrected chi connectivity index (χ1v) is 8.42. The molecule has 7 heteroatoms. The van der Waals surface area contributed by atoms with Crippen LogP contribution in [0, 0.1) is 0 Å². The summed E-state index contributed by atoms with van der Waals surface area (Å²) in [5.41, 5.74) is 6.45. The Bertz CT molecular complexity index is 624. The molecule has 1 aliphatic rings. The van der Waals surface area contributed by atoms with Gasteiger partial charge in [-0.25, -0.2) is 4.68 Å². The smallest absolute Gasteiger partial charge is 0.235 e. The highest BCUT2D eigenvalue weighted by atomic mass is 32.2. The Balaban J connectivity index is 1.82. The predicted octanol–water partition coefficient (Wildman–Crippen LogP) is 2.50. The van der Waals surface area contributed by atoms with Crippen molar-refractivity contribution in [2.75, 3.05) is 0 Å². The van der Waals surface area contributed by atoms with E-state index < -0.39 is 5.25 Å². The molecule has 1 fully saturated rings. The molecule has 6 nitrogen and oxygen atoms in total. The Hall–Kier alpha value is -1.89. The van der Waals surface area contributed by atoms with Crippen LogP contribution < -0.4 is 5.73 Å². The summed E-state index contributed by atoms with van der Waals surface area (Å²) in [7, 11) is 0. The van der Waals surface area contributed by atoms with Gasteiger partial charge in [-0.2, -0.15) is 0 Å². The number of hydrogen-bond acceptors (Lipinski definition) is 5. The molecule has 0 radical (unpaired) electrons.